The number of carbonyl (C=O) groups excluding carboxylic acids is 9. The van der Waals surface area contributed by atoms with Crippen LogP contribution in [-0.4, -0.2) is 169 Å². The molecule has 77 heavy (non-hydrogen) atoms. The van der Waals surface area contributed by atoms with E-state index in [1.165, 1.54) is 28.3 Å². The zero-order valence-electron chi connectivity index (χ0n) is 46.5. The summed E-state index contributed by atoms with van der Waals surface area (Å²) in [5, 5.41) is 21.6. The Morgan fingerprint density at radius 2 is 1.40 bits per heavy atom. The second-order valence-corrected chi connectivity index (χ2v) is 15.8. The Kier molecular flexibility index (Phi) is 38.6. The lowest BCUT2D eigenvalue weighted by atomic mass is 10.3. The van der Waals surface area contributed by atoms with Crippen molar-refractivity contribution in [2.24, 2.45) is 40.2 Å². The van der Waals surface area contributed by atoms with Crippen LogP contribution in [-0.2, 0) is 63.9 Å². The van der Waals surface area contributed by atoms with E-state index >= 15 is 0 Å². The first kappa shape index (κ1) is 70.1. The van der Waals surface area contributed by atoms with Crippen molar-refractivity contribution in [1.82, 2.24) is 59.0 Å². The number of carbonyl (C=O) groups is 9. The van der Waals surface area contributed by atoms with Crippen molar-refractivity contribution >= 4 is 85.3 Å². The van der Waals surface area contributed by atoms with Crippen LogP contribution in [0.5, 0.6) is 0 Å². The van der Waals surface area contributed by atoms with Crippen molar-refractivity contribution in [1.29, 1.82) is 0 Å². The largest absolute Gasteiger partial charge is 0.388 e. The maximum atomic E-state index is 12.1. The van der Waals surface area contributed by atoms with E-state index in [-0.39, 0.29) is 48.8 Å². The van der Waals surface area contributed by atoms with Crippen molar-refractivity contribution in [3.63, 3.8) is 0 Å². The molecule has 27 heteroatoms. The van der Waals surface area contributed by atoms with E-state index in [1.54, 1.807) is 81.1 Å². The number of nitrogens with one attached hydrogen (secondary N) is 8. The third kappa shape index (κ3) is 30.1. The molecule has 0 saturated heterocycles. The molecule has 0 bridgehead atoms. The Morgan fingerprint density at radius 3 is 1.83 bits per heavy atom. The highest BCUT2D eigenvalue weighted by atomic mass is 16.4. The molecule has 5 heterocycles. The zero-order chi connectivity index (χ0) is 58.7. The molecule has 0 aliphatic rings. The van der Waals surface area contributed by atoms with Crippen LogP contribution in [0.25, 0.3) is 0 Å². The van der Waals surface area contributed by atoms with Gasteiger partial charge in [-0.15, -0.1) is 0 Å². The number of aromatic nitrogens is 7. The number of hydrogen-bond donors (Lipinski definition) is 8. The van der Waals surface area contributed by atoms with Crippen LogP contribution in [0.2, 0.25) is 0 Å². The van der Waals surface area contributed by atoms with Crippen LogP contribution in [0.4, 0.5) is 22.9 Å². The highest BCUT2D eigenvalue weighted by molar-refractivity contribution is 6.02. The lowest BCUT2D eigenvalue weighted by Gasteiger charge is -2.12. The maximum Gasteiger partial charge on any atom is 0.291 e. The fourth-order valence-electron chi connectivity index (χ4n) is 5.46. The van der Waals surface area contributed by atoms with Gasteiger partial charge in [0.25, 0.3) is 11.8 Å². The summed E-state index contributed by atoms with van der Waals surface area (Å²) in [6.07, 6.45) is 17.7. The number of methoxy groups -OCH3 is 1. The minimum Gasteiger partial charge on any atom is -0.388 e. The molecule has 0 spiro atoms. The van der Waals surface area contributed by atoms with Gasteiger partial charge >= 0.3 is 0 Å². The summed E-state index contributed by atoms with van der Waals surface area (Å²) in [6.45, 7) is 9.39. The second kappa shape index (κ2) is 42.4. The summed E-state index contributed by atoms with van der Waals surface area (Å²) in [5.74, 6) is 0.401. The third-order valence-electron chi connectivity index (χ3n) is 9.51. The lowest BCUT2D eigenvalue weighted by molar-refractivity contribution is -0.120. The zero-order valence-corrected chi connectivity index (χ0v) is 46.5. The van der Waals surface area contributed by atoms with Crippen molar-refractivity contribution in [2.45, 2.75) is 33.1 Å². The number of nitrogens with zero attached hydrogens (tertiary/aromatic N) is 9. The third-order valence-corrected chi connectivity index (χ3v) is 9.51. The van der Waals surface area contributed by atoms with Gasteiger partial charge < -0.3 is 84.6 Å². The Labute approximate surface area is 450 Å². The summed E-state index contributed by atoms with van der Waals surface area (Å²) in [6, 6.07) is 5.50. The van der Waals surface area contributed by atoms with Crippen LogP contribution in [0.15, 0.2) is 72.4 Å². The molecule has 0 atom stereocenters. The first-order chi connectivity index (χ1) is 36.8. The number of aldehydes is 4. The van der Waals surface area contributed by atoms with Crippen molar-refractivity contribution in [3.05, 3.63) is 96.1 Å². The number of likely N-dealkylation sites (N-methyl/N-ethyl adjacent to an activating group) is 1. The highest BCUT2D eigenvalue weighted by Gasteiger charge is 2.15. The molecular weight excluding hydrogens is 999 g/mol. The number of anilines is 4. The average Bonchev–Trinajstić information content (AvgIpc) is 4.25. The predicted octanol–water partition coefficient (Wildman–Crippen LogP) is 2.13. The molecule has 5 aromatic rings. The number of aliphatic imine (C=N–C) groups is 1. The highest BCUT2D eigenvalue weighted by Crippen LogP contribution is 2.14. The maximum absolute atomic E-state index is 12.1. The standard InChI is InChI=1S/C12H13N5O3.C10H16N4O3.C10H17N3O.C7H12N2.C5H6N2O.C4H9NO.C2H6O/c1-16-4-8(3-9(16)6-18)14-12(20)11-15-10(13-7-19)5-17(11)2;1-11-9(7-14(2)5-6-15)13-10(17)3-4-12-8-16;1-4-5-12-10(14)9-6-8(11-2)7-13(9)3;1-6-4-7(8-2)5-9(6)3;1-7-3-2-6-5(7)4-8;1-5-3-2-4-6;1-3-2/h3-7H,1-2H3,(H,13,19)(H,14,20);6-8H,1,3-5H2,2H3,(H,12,16)(H,13,17);6-7,11H,4-5H2,1-3H3,(H,12,14);4-5,8H,1-3H3;2-4H,1H3;4-5H,2-3H2,1H3;1-2H3/b;9-7+;;;;;. The molecule has 27 nitrogen and oxygen atoms in total. The Hall–Kier alpha value is -8.98. The monoisotopic (exact) mass is 1080 g/mol. The van der Waals surface area contributed by atoms with Gasteiger partial charge in [-0.1, -0.05) is 6.92 Å². The van der Waals surface area contributed by atoms with E-state index in [0.29, 0.717) is 48.4 Å². The average molecular weight is 1080 g/mol. The number of hydrogen-bond acceptors (Lipinski definition) is 17. The summed E-state index contributed by atoms with van der Waals surface area (Å²) >= 11 is 0. The molecule has 0 fully saturated rings. The van der Waals surface area contributed by atoms with Gasteiger partial charge in [0.1, 0.15) is 24.1 Å². The number of rotatable bonds is 23. The van der Waals surface area contributed by atoms with Crippen molar-refractivity contribution in [3.8, 4) is 0 Å². The molecule has 0 aliphatic carbocycles. The molecule has 5 amide bonds. The quantitative estimate of drug-likeness (QED) is 0.0264. The van der Waals surface area contributed by atoms with E-state index in [2.05, 4.69) is 92.7 Å². The van der Waals surface area contributed by atoms with Gasteiger partial charge in [-0.3, -0.25) is 33.6 Å². The van der Waals surface area contributed by atoms with Crippen LogP contribution >= 0.6 is 0 Å². The van der Waals surface area contributed by atoms with Gasteiger partial charge in [-0.2, -0.15) is 0 Å². The van der Waals surface area contributed by atoms with Crippen LogP contribution in [0, 0.1) is 6.92 Å². The van der Waals surface area contributed by atoms with Crippen molar-refractivity contribution in [2.75, 3.05) is 89.9 Å². The first-order valence-electron chi connectivity index (χ1n) is 23.6. The van der Waals surface area contributed by atoms with E-state index in [1.807, 2.05) is 59.0 Å². The van der Waals surface area contributed by atoms with Gasteiger partial charge in [0.2, 0.25) is 24.6 Å². The number of aryl methyl sites for hydroxylation is 6. The fraction of sp³-hybridized carbons (Fsp3) is 0.400. The summed E-state index contributed by atoms with van der Waals surface area (Å²) < 4.78 is 12.9. The number of ether oxygens (including phenoxy) is 1. The van der Waals surface area contributed by atoms with Gasteiger partial charge in [0.15, 0.2) is 24.2 Å². The van der Waals surface area contributed by atoms with Crippen molar-refractivity contribution < 1.29 is 47.9 Å². The van der Waals surface area contributed by atoms with E-state index < -0.39 is 5.91 Å². The van der Waals surface area contributed by atoms with Gasteiger partial charge in [0.05, 0.1) is 29.3 Å². The Bertz CT molecular complexity index is 2550. The smallest absolute Gasteiger partial charge is 0.291 e. The van der Waals surface area contributed by atoms with E-state index in [4.69, 9.17) is 0 Å². The molecule has 0 radical (unpaired) electrons. The van der Waals surface area contributed by atoms with E-state index in [0.717, 1.165) is 44.1 Å². The van der Waals surface area contributed by atoms with Gasteiger partial charge in [0, 0.05) is 152 Å². The van der Waals surface area contributed by atoms with Gasteiger partial charge in [-0.05, 0) is 45.3 Å². The molecule has 5 rings (SSSR count). The molecule has 8 N–H and O–H groups in total. The van der Waals surface area contributed by atoms with Crippen LogP contribution in [0.3, 0.4) is 0 Å². The SMILES string of the molecule is C=N/C(=C\N(C)CC=O)NC(=O)CCNC=O.CCCNC(=O)c1cc(NC)cn1C.CNCCC=O.CNc1cc(C)n(C)c1.COC.Cn1cc(NC(=O)c2nc(NC=O)cn2C)cc1C=O.Cn1ccnc1C=O. The molecule has 5 aromatic heterocycles. The molecule has 0 unspecified atom stereocenters. The minimum atomic E-state index is -0.436. The number of amides is 5. The fourth-order valence-corrected chi connectivity index (χ4v) is 5.46. The topological polar surface area (TPSA) is 325 Å². The normalized spacial score (nSPS) is 9.65. The summed E-state index contributed by atoms with van der Waals surface area (Å²) in [4.78, 5) is 109. The lowest BCUT2D eigenvalue weighted by Crippen LogP contribution is -2.27. The minimum absolute atomic E-state index is 0.0177. The first-order valence-corrected chi connectivity index (χ1v) is 23.6. The van der Waals surface area contributed by atoms with E-state index in [9.17, 15) is 43.2 Å². The molecule has 0 aliphatic heterocycles. The van der Waals surface area contributed by atoms with Crippen LogP contribution in [0.1, 0.15) is 74.1 Å². The Balaban J connectivity index is 0. The molecule has 424 valence electrons. The molecule has 0 aromatic carbocycles. The molecule has 0 saturated carbocycles. The number of imidazole rings is 2. The Morgan fingerprint density at radius 1 is 0.766 bits per heavy atom. The second-order valence-electron chi connectivity index (χ2n) is 15.8. The summed E-state index contributed by atoms with van der Waals surface area (Å²) in [5.41, 5.74) is 5.03. The predicted molar refractivity (Wildman–Crippen MR) is 298 cm³/mol. The van der Waals surface area contributed by atoms with Crippen LogP contribution < -0.4 is 42.5 Å². The summed E-state index contributed by atoms with van der Waals surface area (Å²) in [7, 11) is 19.5. The van der Waals surface area contributed by atoms with Gasteiger partial charge in [-0.25, -0.2) is 15.0 Å². The molecular formula is C50H79N17O10.